The predicted molar refractivity (Wildman–Crippen MR) is 93.0 cm³/mol. The molecule has 1 fully saturated rings. The van der Waals surface area contributed by atoms with Gasteiger partial charge in [-0.3, -0.25) is 15.1 Å². The van der Waals surface area contributed by atoms with Crippen molar-refractivity contribution in [3.63, 3.8) is 0 Å². The van der Waals surface area contributed by atoms with Crippen LogP contribution in [0.25, 0.3) is 11.3 Å². The van der Waals surface area contributed by atoms with Gasteiger partial charge in [0.15, 0.2) is 0 Å². The second kappa shape index (κ2) is 6.86. The fourth-order valence-electron chi connectivity index (χ4n) is 3.11. The molecule has 0 saturated carbocycles. The highest BCUT2D eigenvalue weighted by Gasteiger charge is 2.22. The molecule has 0 bridgehead atoms. The third-order valence-electron chi connectivity index (χ3n) is 4.43. The van der Waals surface area contributed by atoms with Gasteiger partial charge in [-0.25, -0.2) is 0 Å². The molecule has 0 amide bonds. The molecule has 0 aliphatic carbocycles. The van der Waals surface area contributed by atoms with E-state index in [-0.39, 0.29) is 5.69 Å². The zero-order chi connectivity index (χ0) is 17.1. The van der Waals surface area contributed by atoms with E-state index >= 15 is 0 Å². The van der Waals surface area contributed by atoms with Gasteiger partial charge in [-0.05, 0) is 45.2 Å². The second-order valence-corrected chi connectivity index (χ2v) is 6.26. The van der Waals surface area contributed by atoms with E-state index in [4.69, 9.17) is 4.42 Å². The number of nitrogens with zero attached hydrogens (tertiary/aromatic N) is 3. The Morgan fingerprint density at radius 3 is 2.71 bits per heavy atom. The lowest BCUT2D eigenvalue weighted by atomic mass is 10.00. The monoisotopic (exact) mass is 327 g/mol. The summed E-state index contributed by atoms with van der Waals surface area (Å²) in [6.07, 6.45) is 5.27. The Labute approximate surface area is 140 Å². The molecule has 24 heavy (non-hydrogen) atoms. The molecule has 0 radical (unpaired) electrons. The number of hydrogen-bond donors (Lipinski definition) is 0. The predicted octanol–water partition coefficient (Wildman–Crippen LogP) is 4.45. The minimum absolute atomic E-state index is 0.0510. The first-order valence-corrected chi connectivity index (χ1v) is 8.21. The number of nitro benzene ring substituents is 1. The number of rotatable bonds is 4. The van der Waals surface area contributed by atoms with Gasteiger partial charge in [-0.2, -0.15) is 5.10 Å². The van der Waals surface area contributed by atoms with Crippen LogP contribution in [0, 0.1) is 10.1 Å². The minimum Gasteiger partial charge on any atom is -0.455 e. The van der Waals surface area contributed by atoms with Gasteiger partial charge in [-0.1, -0.05) is 12.1 Å². The summed E-state index contributed by atoms with van der Waals surface area (Å²) >= 11 is 0. The summed E-state index contributed by atoms with van der Waals surface area (Å²) in [5.74, 6) is 1.24. The van der Waals surface area contributed by atoms with Crippen LogP contribution < -0.4 is 0 Å². The van der Waals surface area contributed by atoms with Crippen LogP contribution in [0.5, 0.6) is 0 Å². The molecule has 6 heteroatoms. The lowest BCUT2D eigenvalue weighted by Crippen LogP contribution is -2.39. The molecule has 0 unspecified atom stereocenters. The topological polar surface area (TPSA) is 71.9 Å². The molecule has 1 aliphatic heterocycles. The smallest absolute Gasteiger partial charge is 0.270 e. The standard InChI is InChI=1S/C18H21N3O3/c1-13-5-3-6-14(2)20(13)19-12-17-9-10-18(24-17)15-7-4-8-16(11-15)21(22)23/h4,7-14H,3,5-6H2,1-2H3/b19-12-/t13-,14-/m0/s1. The number of benzene rings is 1. The second-order valence-electron chi connectivity index (χ2n) is 6.26. The highest BCUT2D eigenvalue weighted by molar-refractivity contribution is 5.77. The Morgan fingerprint density at radius 1 is 1.25 bits per heavy atom. The van der Waals surface area contributed by atoms with Crippen molar-refractivity contribution in [2.24, 2.45) is 5.10 Å². The van der Waals surface area contributed by atoms with Crippen molar-refractivity contribution in [2.45, 2.75) is 45.2 Å². The van der Waals surface area contributed by atoms with Crippen LogP contribution in [0.1, 0.15) is 38.9 Å². The Kier molecular flexibility index (Phi) is 4.64. The molecule has 2 aromatic rings. The molecule has 1 aromatic heterocycles. The first-order valence-electron chi connectivity index (χ1n) is 8.21. The van der Waals surface area contributed by atoms with Crippen LogP contribution in [0.2, 0.25) is 0 Å². The largest absolute Gasteiger partial charge is 0.455 e. The fraction of sp³-hybridized carbons (Fsp3) is 0.389. The molecule has 2 atom stereocenters. The molecule has 1 saturated heterocycles. The molecule has 0 N–H and O–H groups in total. The maximum atomic E-state index is 10.9. The van der Waals surface area contributed by atoms with E-state index in [2.05, 4.69) is 24.0 Å². The van der Waals surface area contributed by atoms with E-state index in [1.807, 2.05) is 12.1 Å². The summed E-state index contributed by atoms with van der Waals surface area (Å²) in [5, 5.41) is 17.6. The third-order valence-corrected chi connectivity index (χ3v) is 4.43. The van der Waals surface area contributed by atoms with E-state index < -0.39 is 4.92 Å². The average Bonchev–Trinajstić information content (AvgIpc) is 3.03. The van der Waals surface area contributed by atoms with E-state index in [0.29, 0.717) is 29.2 Å². The molecular weight excluding hydrogens is 306 g/mol. The summed E-state index contributed by atoms with van der Waals surface area (Å²) in [6, 6.07) is 10.9. The highest BCUT2D eigenvalue weighted by atomic mass is 16.6. The highest BCUT2D eigenvalue weighted by Crippen LogP contribution is 2.26. The maximum absolute atomic E-state index is 10.9. The van der Waals surface area contributed by atoms with Crippen molar-refractivity contribution in [2.75, 3.05) is 0 Å². The van der Waals surface area contributed by atoms with Crippen LogP contribution in [-0.4, -0.2) is 28.2 Å². The normalized spacial score (nSPS) is 21.3. The van der Waals surface area contributed by atoms with Gasteiger partial charge >= 0.3 is 0 Å². The summed E-state index contributed by atoms with van der Waals surface area (Å²) in [7, 11) is 0. The van der Waals surface area contributed by atoms with E-state index in [0.717, 1.165) is 12.8 Å². The Balaban J connectivity index is 1.77. The summed E-state index contributed by atoms with van der Waals surface area (Å²) in [5.41, 5.74) is 0.735. The van der Waals surface area contributed by atoms with Crippen LogP contribution in [0.15, 0.2) is 45.9 Å². The SMILES string of the molecule is C[C@H]1CCC[C@H](C)N1/N=C\c1ccc(-c2cccc([N+](=O)[O-])c2)o1. The summed E-state index contributed by atoms with van der Waals surface area (Å²) in [4.78, 5) is 10.5. The van der Waals surface area contributed by atoms with Crippen LogP contribution >= 0.6 is 0 Å². The van der Waals surface area contributed by atoms with Gasteiger partial charge in [0, 0.05) is 29.8 Å². The van der Waals surface area contributed by atoms with Crippen molar-refractivity contribution >= 4 is 11.9 Å². The summed E-state index contributed by atoms with van der Waals surface area (Å²) in [6.45, 7) is 4.37. The Bertz CT molecular complexity index is 743. The van der Waals surface area contributed by atoms with Gasteiger partial charge in [0.05, 0.1) is 11.1 Å². The van der Waals surface area contributed by atoms with Gasteiger partial charge in [0.1, 0.15) is 11.5 Å². The van der Waals surface area contributed by atoms with Gasteiger partial charge in [-0.15, -0.1) is 0 Å². The zero-order valence-electron chi connectivity index (χ0n) is 13.9. The Morgan fingerprint density at radius 2 is 2.00 bits per heavy atom. The molecule has 3 rings (SSSR count). The first-order chi connectivity index (χ1) is 11.5. The molecule has 1 aromatic carbocycles. The van der Waals surface area contributed by atoms with Crippen LogP contribution in [-0.2, 0) is 0 Å². The quantitative estimate of drug-likeness (QED) is 0.472. The van der Waals surface area contributed by atoms with E-state index in [1.54, 1.807) is 18.3 Å². The lowest BCUT2D eigenvalue weighted by Gasteiger charge is -2.36. The average molecular weight is 327 g/mol. The number of hydrogen-bond acceptors (Lipinski definition) is 5. The molecule has 2 heterocycles. The van der Waals surface area contributed by atoms with Gasteiger partial charge < -0.3 is 4.42 Å². The molecule has 6 nitrogen and oxygen atoms in total. The molecule has 126 valence electrons. The first kappa shape index (κ1) is 16.2. The number of hydrazone groups is 1. The van der Waals surface area contributed by atoms with Crippen molar-refractivity contribution < 1.29 is 9.34 Å². The van der Waals surface area contributed by atoms with Crippen LogP contribution in [0.3, 0.4) is 0 Å². The van der Waals surface area contributed by atoms with Crippen molar-refractivity contribution in [1.29, 1.82) is 0 Å². The molecular formula is C18H21N3O3. The minimum atomic E-state index is -0.409. The maximum Gasteiger partial charge on any atom is 0.270 e. The van der Waals surface area contributed by atoms with Crippen molar-refractivity contribution in [3.8, 4) is 11.3 Å². The number of non-ortho nitro benzene ring substituents is 1. The number of nitro groups is 1. The third kappa shape index (κ3) is 3.48. The number of piperidine rings is 1. The van der Waals surface area contributed by atoms with Crippen LogP contribution in [0.4, 0.5) is 5.69 Å². The Hall–Kier alpha value is -2.63. The van der Waals surface area contributed by atoms with Gasteiger partial charge in [0.2, 0.25) is 0 Å². The lowest BCUT2D eigenvalue weighted by molar-refractivity contribution is -0.384. The summed E-state index contributed by atoms with van der Waals surface area (Å²) < 4.78 is 5.77. The molecule has 1 aliphatic rings. The zero-order valence-corrected chi connectivity index (χ0v) is 13.9. The van der Waals surface area contributed by atoms with Gasteiger partial charge in [0.25, 0.3) is 5.69 Å². The van der Waals surface area contributed by atoms with Crippen molar-refractivity contribution in [1.82, 2.24) is 5.01 Å². The van der Waals surface area contributed by atoms with Crippen molar-refractivity contribution in [3.05, 3.63) is 52.3 Å². The van der Waals surface area contributed by atoms with E-state index in [9.17, 15) is 10.1 Å². The fourth-order valence-corrected chi connectivity index (χ4v) is 3.11. The van der Waals surface area contributed by atoms with E-state index in [1.165, 1.54) is 18.6 Å². The molecule has 0 spiro atoms. The number of furan rings is 1.